The van der Waals surface area contributed by atoms with Gasteiger partial charge in [-0.2, -0.15) is 0 Å². The van der Waals surface area contributed by atoms with Crippen LogP contribution in [0.2, 0.25) is 0 Å². The average molecular weight is 242 g/mol. The van der Waals surface area contributed by atoms with E-state index in [4.69, 9.17) is 5.11 Å². The largest absolute Gasteiger partial charge is 0.481 e. The van der Waals surface area contributed by atoms with Crippen LogP contribution in [0.4, 0.5) is 0 Å². The maximum atomic E-state index is 10.8. The van der Waals surface area contributed by atoms with Crippen molar-refractivity contribution in [3.05, 3.63) is 60.2 Å². The fraction of sp³-hybridized carbons (Fsp3) is 0.188. The summed E-state index contributed by atoms with van der Waals surface area (Å²) < 4.78 is 0. The zero-order chi connectivity index (χ0) is 13.4. The minimum Gasteiger partial charge on any atom is -0.481 e. The Morgan fingerprint density at radius 2 is 1.50 bits per heavy atom. The fourth-order valence-electron chi connectivity index (χ4n) is 1.74. The van der Waals surface area contributed by atoms with E-state index in [1.165, 1.54) is 0 Å². The molecule has 0 atom stereocenters. The Hall–Kier alpha value is -2.09. The highest BCUT2D eigenvalue weighted by molar-refractivity contribution is 5.76. The Kier molecular flexibility index (Phi) is 5.65. The van der Waals surface area contributed by atoms with Crippen LogP contribution in [0.5, 0.6) is 0 Å². The number of aliphatic carboxylic acids is 1. The molecule has 2 aromatic carbocycles. The van der Waals surface area contributed by atoms with Gasteiger partial charge < -0.3 is 5.11 Å². The summed E-state index contributed by atoms with van der Waals surface area (Å²) >= 11 is 0. The molecule has 18 heavy (non-hydrogen) atoms. The Morgan fingerprint density at radius 1 is 0.944 bits per heavy atom. The van der Waals surface area contributed by atoms with Crippen molar-refractivity contribution in [2.24, 2.45) is 0 Å². The maximum absolute atomic E-state index is 10.8. The van der Waals surface area contributed by atoms with Gasteiger partial charge in [0, 0.05) is 0 Å². The van der Waals surface area contributed by atoms with Crippen molar-refractivity contribution in [2.75, 3.05) is 0 Å². The summed E-state index contributed by atoms with van der Waals surface area (Å²) in [5.74, 6) is -0.802. The van der Waals surface area contributed by atoms with E-state index >= 15 is 0 Å². The first-order chi connectivity index (χ1) is 8.77. The van der Waals surface area contributed by atoms with Crippen molar-refractivity contribution in [2.45, 2.75) is 20.3 Å². The Labute approximate surface area is 108 Å². The molecule has 2 nitrogen and oxygen atoms in total. The number of benzene rings is 2. The van der Waals surface area contributed by atoms with Gasteiger partial charge in [-0.25, -0.2) is 0 Å². The molecule has 0 radical (unpaired) electrons. The second kappa shape index (κ2) is 7.28. The van der Waals surface area contributed by atoms with Crippen LogP contribution in [-0.2, 0) is 11.2 Å². The van der Waals surface area contributed by atoms with Gasteiger partial charge in [0.25, 0.3) is 0 Å². The topological polar surface area (TPSA) is 37.3 Å². The van der Waals surface area contributed by atoms with Gasteiger partial charge in [-0.1, -0.05) is 68.4 Å². The number of hydrogen-bond donors (Lipinski definition) is 1. The second-order valence-electron chi connectivity index (χ2n) is 3.59. The summed E-state index contributed by atoms with van der Waals surface area (Å²) in [6.07, 6.45) is 0.0606. The van der Waals surface area contributed by atoms with Gasteiger partial charge in [-0.15, -0.1) is 0 Å². The highest BCUT2D eigenvalue weighted by Crippen LogP contribution is 2.23. The molecular formula is C16H18O2. The van der Waals surface area contributed by atoms with Crippen LogP contribution in [0.3, 0.4) is 0 Å². The van der Waals surface area contributed by atoms with Crippen LogP contribution >= 0.6 is 0 Å². The molecule has 1 N–H and O–H groups in total. The lowest BCUT2D eigenvalue weighted by Gasteiger charge is -2.07. The van der Waals surface area contributed by atoms with Crippen LogP contribution < -0.4 is 0 Å². The smallest absolute Gasteiger partial charge is 0.307 e. The molecule has 2 heteroatoms. The molecule has 0 aromatic heterocycles. The average Bonchev–Trinajstić information content (AvgIpc) is 2.42. The summed E-state index contributed by atoms with van der Waals surface area (Å²) in [6.45, 7) is 4.00. The summed E-state index contributed by atoms with van der Waals surface area (Å²) in [4.78, 5) is 10.8. The van der Waals surface area contributed by atoms with Gasteiger partial charge in [0.15, 0.2) is 0 Å². The molecule has 0 saturated heterocycles. The summed E-state index contributed by atoms with van der Waals surface area (Å²) in [5, 5.41) is 8.84. The summed E-state index contributed by atoms with van der Waals surface area (Å²) in [5.41, 5.74) is 2.89. The predicted octanol–water partition coefficient (Wildman–Crippen LogP) is 4.01. The lowest BCUT2D eigenvalue weighted by molar-refractivity contribution is -0.136. The number of rotatable bonds is 3. The fourth-order valence-corrected chi connectivity index (χ4v) is 1.74. The lowest BCUT2D eigenvalue weighted by atomic mass is 9.98. The molecule has 0 aliphatic heterocycles. The zero-order valence-corrected chi connectivity index (χ0v) is 10.8. The summed E-state index contributed by atoms with van der Waals surface area (Å²) in [7, 11) is 0. The van der Waals surface area contributed by atoms with Gasteiger partial charge in [0.1, 0.15) is 0 Å². The van der Waals surface area contributed by atoms with E-state index in [1.54, 1.807) is 0 Å². The lowest BCUT2D eigenvalue weighted by Crippen LogP contribution is -2.01. The van der Waals surface area contributed by atoms with Gasteiger partial charge in [-0.05, 0) is 16.7 Å². The first-order valence-corrected chi connectivity index (χ1v) is 6.12. The van der Waals surface area contributed by atoms with Crippen molar-refractivity contribution >= 4 is 5.97 Å². The quantitative estimate of drug-likeness (QED) is 0.883. The molecule has 0 saturated carbocycles. The molecule has 0 bridgehead atoms. The van der Waals surface area contributed by atoms with Crippen molar-refractivity contribution in [3.63, 3.8) is 0 Å². The third kappa shape index (κ3) is 3.74. The van der Waals surface area contributed by atoms with E-state index in [1.807, 2.05) is 68.4 Å². The van der Waals surface area contributed by atoms with E-state index in [0.29, 0.717) is 0 Å². The highest BCUT2D eigenvalue weighted by atomic mass is 16.4. The zero-order valence-electron chi connectivity index (χ0n) is 10.8. The van der Waals surface area contributed by atoms with Crippen LogP contribution in [-0.4, -0.2) is 11.1 Å². The molecule has 0 fully saturated rings. The third-order valence-electron chi connectivity index (χ3n) is 2.44. The van der Waals surface area contributed by atoms with Gasteiger partial charge in [0.2, 0.25) is 0 Å². The normalized spacial score (nSPS) is 9.22. The predicted molar refractivity (Wildman–Crippen MR) is 74.6 cm³/mol. The number of carboxylic acid groups (broad SMARTS) is 1. The van der Waals surface area contributed by atoms with Crippen LogP contribution in [0.15, 0.2) is 54.6 Å². The number of carboxylic acids is 1. The van der Waals surface area contributed by atoms with Gasteiger partial charge in [-0.3, -0.25) is 4.79 Å². The molecule has 0 spiro atoms. The molecular weight excluding hydrogens is 224 g/mol. The molecule has 0 aliphatic rings. The molecule has 2 rings (SSSR count). The molecule has 0 aliphatic carbocycles. The van der Waals surface area contributed by atoms with Crippen LogP contribution in [0.25, 0.3) is 11.1 Å². The van der Waals surface area contributed by atoms with Crippen LogP contribution in [0, 0.1) is 0 Å². The van der Waals surface area contributed by atoms with Crippen molar-refractivity contribution in [1.82, 2.24) is 0 Å². The number of hydrogen-bond acceptors (Lipinski definition) is 1. The Balaban J connectivity index is 0.000000771. The second-order valence-corrected chi connectivity index (χ2v) is 3.59. The van der Waals surface area contributed by atoms with Gasteiger partial charge >= 0.3 is 5.97 Å². The van der Waals surface area contributed by atoms with Crippen molar-refractivity contribution in [1.29, 1.82) is 0 Å². The minimum absolute atomic E-state index is 0.0606. The van der Waals surface area contributed by atoms with Crippen LogP contribution in [0.1, 0.15) is 19.4 Å². The SMILES string of the molecule is CC.O=C(O)Cc1ccccc1-c1ccccc1. The molecule has 94 valence electrons. The molecule has 0 heterocycles. The van der Waals surface area contributed by atoms with Crippen molar-refractivity contribution < 1.29 is 9.90 Å². The van der Waals surface area contributed by atoms with Crippen molar-refractivity contribution in [3.8, 4) is 11.1 Å². The molecule has 0 unspecified atom stereocenters. The third-order valence-corrected chi connectivity index (χ3v) is 2.44. The number of carbonyl (C=O) groups is 1. The maximum Gasteiger partial charge on any atom is 0.307 e. The first kappa shape index (κ1) is 14.0. The minimum atomic E-state index is -0.802. The van der Waals surface area contributed by atoms with E-state index in [2.05, 4.69) is 0 Å². The highest BCUT2D eigenvalue weighted by Gasteiger charge is 2.07. The Morgan fingerprint density at radius 3 is 2.11 bits per heavy atom. The molecule has 0 amide bonds. The van der Waals surface area contributed by atoms with E-state index in [-0.39, 0.29) is 6.42 Å². The van der Waals surface area contributed by atoms with Gasteiger partial charge in [0.05, 0.1) is 6.42 Å². The first-order valence-electron chi connectivity index (χ1n) is 6.12. The van der Waals surface area contributed by atoms with E-state index in [9.17, 15) is 4.79 Å². The Bertz CT molecular complexity index is 489. The molecule has 2 aromatic rings. The monoisotopic (exact) mass is 242 g/mol. The van der Waals surface area contributed by atoms with E-state index < -0.39 is 5.97 Å². The van der Waals surface area contributed by atoms with E-state index in [0.717, 1.165) is 16.7 Å². The standard InChI is InChI=1S/C14H12O2.C2H6/c15-14(16)10-12-8-4-5-9-13(12)11-6-2-1-3-7-11;1-2/h1-9H,10H2,(H,15,16);1-2H3. The summed E-state index contributed by atoms with van der Waals surface area (Å²) in [6, 6.07) is 17.4.